The Kier molecular flexibility index (Phi) is 5.96. The van der Waals surface area contributed by atoms with E-state index in [4.69, 9.17) is 5.11 Å². The molecule has 1 saturated carbocycles. The number of carbonyl (C=O) groups is 1. The third-order valence-corrected chi connectivity index (χ3v) is 3.85. The van der Waals surface area contributed by atoms with Crippen LogP contribution in [0.1, 0.15) is 52.9 Å². The Morgan fingerprint density at radius 3 is 2.29 bits per heavy atom. The minimum Gasteiger partial charge on any atom is -0.480 e. The van der Waals surface area contributed by atoms with E-state index in [1.807, 2.05) is 0 Å². The maximum atomic E-state index is 10.9. The van der Waals surface area contributed by atoms with E-state index in [0.29, 0.717) is 17.9 Å². The summed E-state index contributed by atoms with van der Waals surface area (Å²) in [5.41, 5.74) is 0. The van der Waals surface area contributed by atoms with Crippen molar-refractivity contribution in [2.45, 2.75) is 58.9 Å². The number of nitrogens with zero attached hydrogens (tertiary/aromatic N) is 1. The fourth-order valence-corrected chi connectivity index (χ4v) is 2.93. The molecule has 17 heavy (non-hydrogen) atoms. The molecule has 0 aromatic heterocycles. The molecule has 1 rings (SSSR count). The third-order valence-electron chi connectivity index (χ3n) is 3.85. The third kappa shape index (κ3) is 5.07. The van der Waals surface area contributed by atoms with Crippen molar-refractivity contribution in [1.82, 2.24) is 4.90 Å². The minimum absolute atomic E-state index is 0.190. The van der Waals surface area contributed by atoms with Crippen LogP contribution < -0.4 is 0 Å². The number of carboxylic acids is 1. The molecule has 0 heterocycles. The van der Waals surface area contributed by atoms with Crippen molar-refractivity contribution in [3.63, 3.8) is 0 Å². The first-order valence-corrected chi connectivity index (χ1v) is 6.96. The molecule has 0 bridgehead atoms. The molecule has 0 aliphatic heterocycles. The molecule has 0 saturated heterocycles. The predicted octanol–water partition coefficient (Wildman–Crippen LogP) is 3.00. The van der Waals surface area contributed by atoms with Crippen molar-refractivity contribution >= 4 is 5.97 Å². The Hall–Kier alpha value is -0.570. The molecule has 1 N–H and O–H groups in total. The van der Waals surface area contributed by atoms with Gasteiger partial charge in [0.25, 0.3) is 0 Å². The molecule has 1 atom stereocenters. The topological polar surface area (TPSA) is 40.5 Å². The summed E-state index contributed by atoms with van der Waals surface area (Å²) >= 11 is 0. The van der Waals surface area contributed by atoms with Crippen molar-refractivity contribution in [1.29, 1.82) is 0 Å². The van der Waals surface area contributed by atoms with Crippen molar-refractivity contribution < 1.29 is 9.90 Å². The Morgan fingerprint density at radius 1 is 1.24 bits per heavy atom. The smallest absolute Gasteiger partial charge is 0.317 e. The van der Waals surface area contributed by atoms with Crippen LogP contribution in [-0.4, -0.2) is 35.1 Å². The normalized spacial score (nSPS) is 19.8. The zero-order valence-electron chi connectivity index (χ0n) is 11.5. The van der Waals surface area contributed by atoms with Crippen molar-refractivity contribution in [2.24, 2.45) is 11.8 Å². The standard InChI is InChI=1S/C14H27NO2/c1-11(2)9-15(10-14(16)17)12(3)13-7-5-4-6-8-13/h11-13H,4-10H2,1-3H3,(H,16,17). The second-order valence-corrected chi connectivity index (χ2v) is 5.86. The molecule has 1 aliphatic rings. The molecule has 0 amide bonds. The molecule has 100 valence electrons. The molecular formula is C14H27NO2. The van der Waals surface area contributed by atoms with Gasteiger partial charge >= 0.3 is 5.97 Å². The summed E-state index contributed by atoms with van der Waals surface area (Å²) in [6.45, 7) is 7.60. The minimum atomic E-state index is -0.701. The Morgan fingerprint density at radius 2 is 1.82 bits per heavy atom. The van der Waals surface area contributed by atoms with Gasteiger partial charge in [-0.15, -0.1) is 0 Å². The van der Waals surface area contributed by atoms with Gasteiger partial charge in [0.2, 0.25) is 0 Å². The van der Waals surface area contributed by atoms with Crippen molar-refractivity contribution in [2.75, 3.05) is 13.1 Å². The second kappa shape index (κ2) is 7.00. The Bertz CT molecular complexity index is 234. The van der Waals surface area contributed by atoms with Gasteiger partial charge in [-0.2, -0.15) is 0 Å². The lowest BCUT2D eigenvalue weighted by Crippen LogP contribution is -2.44. The summed E-state index contributed by atoms with van der Waals surface area (Å²) in [6.07, 6.45) is 6.53. The zero-order chi connectivity index (χ0) is 12.8. The van der Waals surface area contributed by atoms with E-state index in [-0.39, 0.29) is 6.54 Å². The first-order chi connectivity index (χ1) is 8.00. The van der Waals surface area contributed by atoms with Crippen LogP contribution in [0.2, 0.25) is 0 Å². The van der Waals surface area contributed by atoms with Crippen LogP contribution in [-0.2, 0) is 4.79 Å². The van der Waals surface area contributed by atoms with Gasteiger partial charge in [0.15, 0.2) is 0 Å². The van der Waals surface area contributed by atoms with E-state index in [1.165, 1.54) is 32.1 Å². The Balaban J connectivity index is 2.56. The largest absolute Gasteiger partial charge is 0.480 e. The molecular weight excluding hydrogens is 214 g/mol. The highest BCUT2D eigenvalue weighted by atomic mass is 16.4. The monoisotopic (exact) mass is 241 g/mol. The number of hydrogen-bond acceptors (Lipinski definition) is 2. The van der Waals surface area contributed by atoms with E-state index < -0.39 is 5.97 Å². The number of carboxylic acid groups (broad SMARTS) is 1. The van der Waals surface area contributed by atoms with E-state index >= 15 is 0 Å². The van der Waals surface area contributed by atoms with Crippen molar-refractivity contribution in [3.8, 4) is 0 Å². The van der Waals surface area contributed by atoms with Crippen molar-refractivity contribution in [3.05, 3.63) is 0 Å². The van der Waals surface area contributed by atoms with Gasteiger partial charge in [-0.25, -0.2) is 0 Å². The van der Waals surface area contributed by atoms with Gasteiger partial charge in [0, 0.05) is 12.6 Å². The highest BCUT2D eigenvalue weighted by Gasteiger charge is 2.26. The first kappa shape index (κ1) is 14.5. The van der Waals surface area contributed by atoms with Crippen LogP contribution in [0.4, 0.5) is 0 Å². The first-order valence-electron chi connectivity index (χ1n) is 6.96. The van der Waals surface area contributed by atoms with Crippen LogP contribution in [0.15, 0.2) is 0 Å². The molecule has 1 fully saturated rings. The van der Waals surface area contributed by atoms with Gasteiger partial charge < -0.3 is 5.11 Å². The molecule has 0 radical (unpaired) electrons. The van der Waals surface area contributed by atoms with Crippen LogP contribution >= 0.6 is 0 Å². The average molecular weight is 241 g/mol. The molecule has 1 unspecified atom stereocenters. The lowest BCUT2D eigenvalue weighted by atomic mass is 9.83. The summed E-state index contributed by atoms with van der Waals surface area (Å²) in [6, 6.07) is 0.411. The highest BCUT2D eigenvalue weighted by Crippen LogP contribution is 2.29. The molecule has 1 aliphatic carbocycles. The summed E-state index contributed by atoms with van der Waals surface area (Å²) in [7, 11) is 0. The number of aliphatic carboxylic acids is 1. The molecule has 0 aromatic carbocycles. The maximum Gasteiger partial charge on any atom is 0.317 e. The van der Waals surface area contributed by atoms with E-state index in [9.17, 15) is 4.79 Å². The summed E-state index contributed by atoms with van der Waals surface area (Å²) in [5.74, 6) is 0.524. The highest BCUT2D eigenvalue weighted by molar-refractivity contribution is 5.69. The van der Waals surface area contributed by atoms with E-state index in [0.717, 1.165) is 6.54 Å². The van der Waals surface area contributed by atoms with Crippen LogP contribution in [0.3, 0.4) is 0 Å². The quantitative estimate of drug-likeness (QED) is 0.777. The van der Waals surface area contributed by atoms with Crippen LogP contribution in [0.5, 0.6) is 0 Å². The van der Waals surface area contributed by atoms with Crippen LogP contribution in [0.25, 0.3) is 0 Å². The van der Waals surface area contributed by atoms with Crippen LogP contribution in [0, 0.1) is 11.8 Å². The lowest BCUT2D eigenvalue weighted by Gasteiger charge is -2.36. The number of rotatable bonds is 6. The molecule has 0 aromatic rings. The molecule has 0 spiro atoms. The SMILES string of the molecule is CC(C)CN(CC(=O)O)C(C)C1CCCCC1. The van der Waals surface area contributed by atoms with Gasteiger partial charge in [-0.3, -0.25) is 9.69 Å². The summed E-state index contributed by atoms with van der Waals surface area (Å²) < 4.78 is 0. The maximum absolute atomic E-state index is 10.9. The lowest BCUT2D eigenvalue weighted by molar-refractivity contribution is -0.139. The molecule has 3 heteroatoms. The zero-order valence-corrected chi connectivity index (χ0v) is 11.5. The summed E-state index contributed by atoms with van der Waals surface area (Å²) in [5, 5.41) is 9.00. The number of hydrogen-bond donors (Lipinski definition) is 1. The van der Waals surface area contributed by atoms with Gasteiger partial charge in [-0.1, -0.05) is 33.1 Å². The fourth-order valence-electron chi connectivity index (χ4n) is 2.93. The fraction of sp³-hybridized carbons (Fsp3) is 0.929. The second-order valence-electron chi connectivity index (χ2n) is 5.86. The Labute approximate surface area is 105 Å². The summed E-state index contributed by atoms with van der Waals surface area (Å²) in [4.78, 5) is 13.1. The van der Waals surface area contributed by atoms with Gasteiger partial charge in [0.05, 0.1) is 6.54 Å². The molecule has 3 nitrogen and oxygen atoms in total. The predicted molar refractivity (Wildman–Crippen MR) is 70.1 cm³/mol. The van der Waals surface area contributed by atoms with Gasteiger partial charge in [0.1, 0.15) is 0 Å². The van der Waals surface area contributed by atoms with Gasteiger partial charge in [-0.05, 0) is 31.6 Å². The van der Waals surface area contributed by atoms with E-state index in [1.54, 1.807) is 0 Å². The van der Waals surface area contributed by atoms with E-state index in [2.05, 4.69) is 25.7 Å². The average Bonchev–Trinajstić information content (AvgIpc) is 2.27.